The van der Waals surface area contributed by atoms with Crippen molar-refractivity contribution in [3.8, 4) is 0 Å². The third kappa shape index (κ3) is 2.10. The van der Waals surface area contributed by atoms with Crippen LogP contribution in [0.1, 0.15) is 37.2 Å². The quantitative estimate of drug-likeness (QED) is 0.769. The number of hydrogen-bond acceptors (Lipinski definition) is 2. The van der Waals surface area contributed by atoms with Crippen molar-refractivity contribution in [3.63, 3.8) is 0 Å². The van der Waals surface area contributed by atoms with Crippen molar-refractivity contribution in [1.29, 1.82) is 0 Å². The van der Waals surface area contributed by atoms with Crippen molar-refractivity contribution in [1.82, 2.24) is 9.55 Å². The number of nitrogens with zero attached hydrogens (tertiary/aromatic N) is 2. The highest BCUT2D eigenvalue weighted by Crippen LogP contribution is 2.16. The van der Waals surface area contributed by atoms with Crippen LogP contribution in [0.5, 0.6) is 0 Å². The molecule has 1 aromatic rings. The van der Waals surface area contributed by atoms with Gasteiger partial charge in [-0.05, 0) is 20.3 Å². The van der Waals surface area contributed by atoms with Crippen molar-refractivity contribution >= 4 is 0 Å². The summed E-state index contributed by atoms with van der Waals surface area (Å²) in [5.74, 6) is 0. The molecule has 0 saturated carbocycles. The minimum Gasteiger partial charge on any atom is -0.330 e. The zero-order chi connectivity index (χ0) is 9.84. The molecule has 1 atom stereocenters. The first kappa shape index (κ1) is 10.3. The normalized spacial score (nSPS) is 13.2. The predicted molar refractivity (Wildman–Crippen MR) is 54.7 cm³/mol. The van der Waals surface area contributed by atoms with E-state index >= 15 is 0 Å². The van der Waals surface area contributed by atoms with E-state index in [0.717, 1.165) is 12.1 Å². The number of nitrogens with two attached hydrogens (primary N) is 1. The third-order valence-corrected chi connectivity index (χ3v) is 2.57. The van der Waals surface area contributed by atoms with E-state index in [9.17, 15) is 0 Å². The minimum atomic E-state index is 0.422. The molecular formula is C10H19N3. The largest absolute Gasteiger partial charge is 0.330 e. The lowest BCUT2D eigenvalue weighted by atomic mass is 10.1. The van der Waals surface area contributed by atoms with Crippen molar-refractivity contribution in [3.05, 3.63) is 17.7 Å². The van der Waals surface area contributed by atoms with E-state index in [1.54, 1.807) is 0 Å². The second-order valence-corrected chi connectivity index (χ2v) is 3.50. The third-order valence-electron chi connectivity index (χ3n) is 2.57. The van der Waals surface area contributed by atoms with Crippen LogP contribution in [-0.4, -0.2) is 16.1 Å². The Hall–Kier alpha value is -0.830. The highest BCUT2D eigenvalue weighted by molar-refractivity contribution is 5.09. The number of rotatable bonds is 4. The number of aryl methyl sites for hydroxylation is 1. The van der Waals surface area contributed by atoms with Crippen LogP contribution in [0.15, 0.2) is 6.33 Å². The van der Waals surface area contributed by atoms with Gasteiger partial charge >= 0.3 is 0 Å². The summed E-state index contributed by atoms with van der Waals surface area (Å²) < 4.78 is 2.19. The fourth-order valence-corrected chi connectivity index (χ4v) is 1.59. The molecule has 0 aromatic carbocycles. The number of hydrogen-bond donors (Lipinski definition) is 1. The Balaban J connectivity index is 2.84. The summed E-state index contributed by atoms with van der Waals surface area (Å²) in [6.45, 7) is 7.01. The van der Waals surface area contributed by atoms with Gasteiger partial charge in [0.1, 0.15) is 0 Å². The van der Waals surface area contributed by atoms with Gasteiger partial charge < -0.3 is 10.3 Å². The average molecular weight is 181 g/mol. The van der Waals surface area contributed by atoms with Crippen molar-refractivity contribution < 1.29 is 0 Å². The van der Waals surface area contributed by atoms with E-state index in [0.29, 0.717) is 12.6 Å². The molecule has 1 aromatic heterocycles. The summed E-state index contributed by atoms with van der Waals surface area (Å²) in [6.07, 6.45) is 4.20. The van der Waals surface area contributed by atoms with Gasteiger partial charge in [-0.2, -0.15) is 0 Å². The Bertz CT molecular complexity index is 265. The van der Waals surface area contributed by atoms with Crippen molar-refractivity contribution in [2.45, 2.75) is 39.7 Å². The first-order valence-electron chi connectivity index (χ1n) is 4.90. The zero-order valence-electron chi connectivity index (χ0n) is 8.75. The molecule has 0 radical (unpaired) electrons. The Kier molecular flexibility index (Phi) is 3.48. The minimum absolute atomic E-state index is 0.422. The highest BCUT2D eigenvalue weighted by Gasteiger charge is 2.11. The van der Waals surface area contributed by atoms with Crippen LogP contribution in [0, 0.1) is 13.8 Å². The first-order valence-corrected chi connectivity index (χ1v) is 4.90. The lowest BCUT2D eigenvalue weighted by Crippen LogP contribution is -2.19. The van der Waals surface area contributed by atoms with Crippen LogP contribution in [0.2, 0.25) is 0 Å². The molecule has 0 aliphatic heterocycles. The van der Waals surface area contributed by atoms with Crippen LogP contribution < -0.4 is 5.73 Å². The maximum Gasteiger partial charge on any atom is 0.0954 e. The standard InChI is InChI=1S/C10H19N3/c1-4-5-10(6-11)13-7-12-8(2)9(13)3/h7,10H,4-6,11H2,1-3H3. The van der Waals surface area contributed by atoms with Crippen LogP contribution >= 0.6 is 0 Å². The molecule has 3 nitrogen and oxygen atoms in total. The van der Waals surface area contributed by atoms with Gasteiger partial charge in [0.2, 0.25) is 0 Å². The second kappa shape index (κ2) is 4.42. The average Bonchev–Trinajstić information content (AvgIpc) is 2.45. The maximum absolute atomic E-state index is 5.72. The predicted octanol–water partition coefficient (Wildman–Crippen LogP) is 1.80. The van der Waals surface area contributed by atoms with Crippen LogP contribution in [0.4, 0.5) is 0 Å². The van der Waals surface area contributed by atoms with Crippen molar-refractivity contribution in [2.24, 2.45) is 5.73 Å². The Labute approximate surface area is 80.0 Å². The fourth-order valence-electron chi connectivity index (χ4n) is 1.59. The summed E-state index contributed by atoms with van der Waals surface area (Å²) in [4.78, 5) is 4.27. The summed E-state index contributed by atoms with van der Waals surface area (Å²) in [5, 5.41) is 0. The van der Waals surface area contributed by atoms with E-state index in [2.05, 4.69) is 23.4 Å². The molecule has 0 aliphatic rings. The smallest absolute Gasteiger partial charge is 0.0954 e. The van der Waals surface area contributed by atoms with Gasteiger partial charge in [-0.15, -0.1) is 0 Å². The summed E-state index contributed by atoms with van der Waals surface area (Å²) in [6, 6.07) is 0.422. The topological polar surface area (TPSA) is 43.8 Å². The van der Waals surface area contributed by atoms with Crippen LogP contribution in [0.25, 0.3) is 0 Å². The first-order chi connectivity index (χ1) is 6.20. The van der Waals surface area contributed by atoms with E-state index in [1.165, 1.54) is 12.1 Å². The van der Waals surface area contributed by atoms with Gasteiger partial charge in [0, 0.05) is 18.3 Å². The molecule has 13 heavy (non-hydrogen) atoms. The van der Waals surface area contributed by atoms with Gasteiger partial charge in [-0.25, -0.2) is 4.98 Å². The molecule has 0 aliphatic carbocycles. The Morgan fingerprint density at radius 2 is 2.23 bits per heavy atom. The van der Waals surface area contributed by atoms with E-state index < -0.39 is 0 Å². The SMILES string of the molecule is CCCC(CN)n1cnc(C)c1C. The van der Waals surface area contributed by atoms with Gasteiger partial charge in [0.25, 0.3) is 0 Å². The molecule has 0 fully saturated rings. The van der Waals surface area contributed by atoms with Crippen molar-refractivity contribution in [2.75, 3.05) is 6.54 Å². The highest BCUT2D eigenvalue weighted by atomic mass is 15.1. The van der Waals surface area contributed by atoms with E-state index in [-0.39, 0.29) is 0 Å². The monoisotopic (exact) mass is 181 g/mol. The molecule has 74 valence electrons. The number of aromatic nitrogens is 2. The molecule has 0 bridgehead atoms. The lowest BCUT2D eigenvalue weighted by molar-refractivity contribution is 0.462. The van der Waals surface area contributed by atoms with Crippen LogP contribution in [0.3, 0.4) is 0 Å². The Morgan fingerprint density at radius 3 is 2.62 bits per heavy atom. The zero-order valence-corrected chi connectivity index (χ0v) is 8.75. The molecule has 1 unspecified atom stereocenters. The summed E-state index contributed by atoms with van der Waals surface area (Å²) >= 11 is 0. The molecule has 2 N–H and O–H groups in total. The van der Waals surface area contributed by atoms with Gasteiger partial charge in [0.05, 0.1) is 12.0 Å². The molecular weight excluding hydrogens is 162 g/mol. The fraction of sp³-hybridized carbons (Fsp3) is 0.700. The van der Waals surface area contributed by atoms with Gasteiger partial charge in [0.15, 0.2) is 0 Å². The van der Waals surface area contributed by atoms with Crippen LogP contribution in [-0.2, 0) is 0 Å². The maximum atomic E-state index is 5.72. The van der Waals surface area contributed by atoms with Gasteiger partial charge in [-0.1, -0.05) is 13.3 Å². The molecule has 1 rings (SSSR count). The summed E-state index contributed by atoms with van der Waals surface area (Å²) in [5.41, 5.74) is 8.07. The second-order valence-electron chi connectivity index (χ2n) is 3.50. The Morgan fingerprint density at radius 1 is 1.54 bits per heavy atom. The molecule has 0 amide bonds. The number of imidazole rings is 1. The van der Waals surface area contributed by atoms with E-state index in [4.69, 9.17) is 5.73 Å². The summed E-state index contributed by atoms with van der Waals surface area (Å²) in [7, 11) is 0. The van der Waals surface area contributed by atoms with E-state index in [1.807, 2.05) is 13.3 Å². The van der Waals surface area contributed by atoms with Gasteiger partial charge in [-0.3, -0.25) is 0 Å². The molecule has 1 heterocycles. The molecule has 3 heteroatoms. The molecule has 0 saturated heterocycles. The lowest BCUT2D eigenvalue weighted by Gasteiger charge is -2.17. The molecule has 0 spiro atoms.